The van der Waals surface area contributed by atoms with E-state index < -0.39 is 20.1 Å². The predicted molar refractivity (Wildman–Crippen MR) is 121 cm³/mol. The number of hydrogen-bond acceptors (Lipinski definition) is 10. The van der Waals surface area contributed by atoms with Crippen LogP contribution in [0.1, 0.15) is 25.7 Å². The van der Waals surface area contributed by atoms with E-state index in [0.29, 0.717) is 18.1 Å². The van der Waals surface area contributed by atoms with Crippen LogP contribution in [0.3, 0.4) is 0 Å². The molecule has 3 rings (SSSR count). The third-order valence-corrected chi connectivity index (χ3v) is 6.44. The van der Waals surface area contributed by atoms with Crippen molar-refractivity contribution in [1.82, 2.24) is 19.7 Å². The van der Waals surface area contributed by atoms with E-state index >= 15 is 0 Å². The number of sulfonamides is 1. The second kappa shape index (κ2) is 9.52. The van der Waals surface area contributed by atoms with Crippen molar-refractivity contribution >= 4 is 43.7 Å². The molecule has 4 N–H and O–H groups in total. The van der Waals surface area contributed by atoms with Gasteiger partial charge in [-0.2, -0.15) is 23.4 Å². The topological polar surface area (TPSA) is 167 Å². The molecule has 1 aliphatic rings. The Morgan fingerprint density at radius 3 is 2.28 bits per heavy atom. The van der Waals surface area contributed by atoms with E-state index in [9.17, 15) is 21.4 Å². The number of nitrogens with zero attached hydrogens (tertiary/aromatic N) is 4. The normalized spacial score (nSPS) is 19.4. The van der Waals surface area contributed by atoms with Crippen molar-refractivity contribution in [2.45, 2.75) is 42.7 Å². The van der Waals surface area contributed by atoms with Crippen LogP contribution in [-0.4, -0.2) is 68.8 Å². The average Bonchev–Trinajstić information content (AvgIpc) is 2.68. The van der Waals surface area contributed by atoms with Crippen LogP contribution in [0.25, 0.3) is 0 Å². The Balaban J connectivity index is 1.88. The predicted octanol–water partition coefficient (Wildman–Crippen LogP) is 1.20. The molecule has 2 unspecified atom stereocenters. The van der Waals surface area contributed by atoms with E-state index in [1.807, 2.05) is 0 Å². The van der Waals surface area contributed by atoms with E-state index in [1.165, 1.54) is 18.2 Å². The Bertz CT molecular complexity index is 1170. The van der Waals surface area contributed by atoms with Crippen LogP contribution >= 0.6 is 0 Å². The maximum Gasteiger partial charge on any atom is 0.294 e. The minimum Gasteiger partial charge on any atom is -0.350 e. The molecule has 14 heteroatoms. The van der Waals surface area contributed by atoms with Crippen molar-refractivity contribution in [2.24, 2.45) is 0 Å². The first-order valence-electron chi connectivity index (χ1n) is 9.92. The van der Waals surface area contributed by atoms with Crippen molar-refractivity contribution in [2.75, 3.05) is 35.9 Å². The van der Waals surface area contributed by atoms with E-state index in [4.69, 9.17) is 0 Å². The summed E-state index contributed by atoms with van der Waals surface area (Å²) < 4.78 is 58.2. The summed E-state index contributed by atoms with van der Waals surface area (Å²) >= 11 is 0. The fraction of sp³-hybridized carbons (Fsp3) is 0.500. The zero-order valence-corrected chi connectivity index (χ0v) is 19.6. The van der Waals surface area contributed by atoms with Crippen molar-refractivity contribution in [1.29, 1.82) is 0 Å². The smallest absolute Gasteiger partial charge is 0.294 e. The highest BCUT2D eigenvalue weighted by Gasteiger charge is 2.28. The zero-order valence-electron chi connectivity index (χ0n) is 18.0. The largest absolute Gasteiger partial charge is 0.350 e. The Hall–Kier alpha value is -2.55. The number of benzene rings is 1. The molecule has 0 spiro atoms. The van der Waals surface area contributed by atoms with Gasteiger partial charge in [-0.3, -0.25) is 4.55 Å². The molecule has 1 heterocycles. The summed E-state index contributed by atoms with van der Waals surface area (Å²) in [6.07, 6.45) is 4.44. The minimum absolute atomic E-state index is 0.155. The first-order chi connectivity index (χ1) is 14.9. The van der Waals surface area contributed by atoms with E-state index in [1.54, 1.807) is 25.1 Å². The maximum absolute atomic E-state index is 11.7. The standard InChI is InChI=1S/C18H27N7O5S2/c1-25(2)18-22-16(19-12-7-6-8-13(11-12)32(28,29)30)21-17(23-18)20-14-9-4-5-10-15(14)24-31(3,26)27/h6-8,11,14-15,24H,4-5,9-10H2,1-3H3,(H,28,29,30)(H2,19,20,21,22,23). The van der Waals surface area contributed by atoms with Crippen LogP contribution in [-0.2, 0) is 20.1 Å². The summed E-state index contributed by atoms with van der Waals surface area (Å²) in [6.45, 7) is 0. The molecular formula is C18H27N7O5S2. The third-order valence-electron chi connectivity index (χ3n) is 4.86. The van der Waals surface area contributed by atoms with Crippen LogP contribution in [0, 0.1) is 0 Å². The lowest BCUT2D eigenvalue weighted by molar-refractivity contribution is 0.378. The molecular weight excluding hydrogens is 458 g/mol. The van der Waals surface area contributed by atoms with Crippen LogP contribution in [0.15, 0.2) is 29.2 Å². The molecule has 12 nitrogen and oxygen atoms in total. The Labute approximate surface area is 187 Å². The lowest BCUT2D eigenvalue weighted by Crippen LogP contribution is -2.48. The van der Waals surface area contributed by atoms with E-state index in [2.05, 4.69) is 30.3 Å². The number of anilines is 4. The summed E-state index contributed by atoms with van der Waals surface area (Å²) in [6, 6.07) is 5.11. The molecule has 1 fully saturated rings. The monoisotopic (exact) mass is 485 g/mol. The van der Waals surface area contributed by atoms with Gasteiger partial charge in [0.2, 0.25) is 27.9 Å². The molecule has 0 amide bonds. The lowest BCUT2D eigenvalue weighted by atomic mass is 9.91. The molecule has 1 aliphatic carbocycles. The number of nitrogens with one attached hydrogen (secondary N) is 3. The summed E-state index contributed by atoms with van der Waals surface area (Å²) in [5.74, 6) is 0.755. The van der Waals surface area contributed by atoms with Crippen LogP contribution in [0.2, 0.25) is 0 Å². The number of aromatic nitrogens is 3. The summed E-state index contributed by atoms with van der Waals surface area (Å²) in [7, 11) is -4.21. The van der Waals surface area contributed by atoms with Crippen molar-refractivity contribution in [3.05, 3.63) is 24.3 Å². The van der Waals surface area contributed by atoms with Gasteiger partial charge < -0.3 is 15.5 Å². The zero-order chi connectivity index (χ0) is 23.5. The lowest BCUT2D eigenvalue weighted by Gasteiger charge is -2.32. The number of hydrogen-bond donors (Lipinski definition) is 4. The molecule has 0 aliphatic heterocycles. The van der Waals surface area contributed by atoms with Gasteiger partial charge in [-0.1, -0.05) is 18.9 Å². The molecule has 2 atom stereocenters. The Kier molecular flexibility index (Phi) is 7.17. The summed E-state index contributed by atoms with van der Waals surface area (Å²) in [5.41, 5.74) is 0.358. The molecule has 2 aromatic rings. The molecule has 32 heavy (non-hydrogen) atoms. The van der Waals surface area contributed by atoms with Gasteiger partial charge in [-0.05, 0) is 31.0 Å². The molecule has 0 radical (unpaired) electrons. The van der Waals surface area contributed by atoms with Gasteiger partial charge in [-0.15, -0.1) is 0 Å². The van der Waals surface area contributed by atoms with Crippen molar-refractivity contribution in [3.63, 3.8) is 0 Å². The molecule has 1 aromatic heterocycles. The molecule has 0 bridgehead atoms. The van der Waals surface area contributed by atoms with Gasteiger partial charge in [0.05, 0.1) is 11.2 Å². The van der Waals surface area contributed by atoms with E-state index in [0.717, 1.165) is 25.5 Å². The van der Waals surface area contributed by atoms with Crippen LogP contribution in [0.5, 0.6) is 0 Å². The summed E-state index contributed by atoms with van der Waals surface area (Å²) in [4.78, 5) is 14.5. The van der Waals surface area contributed by atoms with Crippen LogP contribution < -0.4 is 20.3 Å². The first kappa shape index (κ1) is 24.1. The minimum atomic E-state index is -4.36. The van der Waals surface area contributed by atoms with Gasteiger partial charge in [0.1, 0.15) is 0 Å². The van der Waals surface area contributed by atoms with E-state index in [-0.39, 0.29) is 28.9 Å². The fourth-order valence-electron chi connectivity index (χ4n) is 3.43. The Morgan fingerprint density at radius 1 is 1.00 bits per heavy atom. The quantitative estimate of drug-likeness (QED) is 0.397. The third kappa shape index (κ3) is 6.72. The highest BCUT2D eigenvalue weighted by Crippen LogP contribution is 2.24. The van der Waals surface area contributed by atoms with Gasteiger partial charge in [-0.25, -0.2) is 13.1 Å². The summed E-state index contributed by atoms with van der Waals surface area (Å²) in [5, 5.41) is 6.14. The highest BCUT2D eigenvalue weighted by atomic mass is 32.2. The molecule has 1 aromatic carbocycles. The number of rotatable bonds is 8. The highest BCUT2D eigenvalue weighted by molar-refractivity contribution is 7.88. The fourth-order valence-corrected chi connectivity index (χ4v) is 4.79. The van der Waals surface area contributed by atoms with Crippen molar-refractivity contribution < 1.29 is 21.4 Å². The van der Waals surface area contributed by atoms with Gasteiger partial charge in [0.25, 0.3) is 10.1 Å². The maximum atomic E-state index is 11.7. The van der Waals surface area contributed by atoms with Gasteiger partial charge in [0, 0.05) is 31.9 Å². The average molecular weight is 486 g/mol. The second-order valence-corrected chi connectivity index (χ2v) is 11.0. The SMILES string of the molecule is CN(C)c1nc(Nc2cccc(S(=O)(=O)O)c2)nc(NC2CCCCC2NS(C)(=O)=O)n1. The van der Waals surface area contributed by atoms with Crippen LogP contribution in [0.4, 0.5) is 23.5 Å². The first-order valence-corrected chi connectivity index (χ1v) is 13.3. The van der Waals surface area contributed by atoms with Crippen molar-refractivity contribution in [3.8, 4) is 0 Å². The molecule has 1 saturated carbocycles. The van der Waals surface area contributed by atoms with Gasteiger partial charge in [0.15, 0.2) is 0 Å². The Morgan fingerprint density at radius 2 is 1.66 bits per heavy atom. The molecule has 0 saturated heterocycles. The second-order valence-electron chi connectivity index (χ2n) is 7.84. The molecule has 176 valence electrons. The van der Waals surface area contributed by atoms with Gasteiger partial charge >= 0.3 is 0 Å².